The van der Waals surface area contributed by atoms with E-state index >= 15 is 0 Å². The van der Waals surface area contributed by atoms with Gasteiger partial charge in [-0.25, -0.2) is 0 Å². The molecule has 15 heteroatoms. The van der Waals surface area contributed by atoms with Crippen LogP contribution in [-0.2, 0) is 30.9 Å². The lowest BCUT2D eigenvalue weighted by Crippen LogP contribution is -2.65. The van der Waals surface area contributed by atoms with Crippen molar-refractivity contribution < 1.29 is 55.5 Å². The van der Waals surface area contributed by atoms with Gasteiger partial charge in [0.2, 0.25) is 5.78 Å². The van der Waals surface area contributed by atoms with Crippen molar-refractivity contribution in [1.29, 1.82) is 0 Å². The summed E-state index contributed by atoms with van der Waals surface area (Å²) in [6, 6.07) is 2.14. The van der Waals surface area contributed by atoms with Gasteiger partial charge < -0.3 is 25.2 Å². The van der Waals surface area contributed by atoms with Crippen molar-refractivity contribution in [2.75, 3.05) is 14.1 Å². The molecule has 0 spiro atoms. The Labute approximate surface area is 207 Å². The van der Waals surface area contributed by atoms with Gasteiger partial charge in [0.1, 0.15) is 17.1 Å². The number of ketones is 2. The molecule has 1 aromatic rings. The van der Waals surface area contributed by atoms with Crippen LogP contribution in [0.2, 0.25) is 0 Å². The summed E-state index contributed by atoms with van der Waals surface area (Å²) in [6.45, 7) is 0. The Morgan fingerprint density at radius 2 is 1.84 bits per heavy atom. The first kappa shape index (κ1) is 26.6. The molecule has 37 heavy (non-hydrogen) atoms. The van der Waals surface area contributed by atoms with E-state index in [0.29, 0.717) is 0 Å². The molecule has 5 N–H and O–H groups in total. The fourth-order valence-electron chi connectivity index (χ4n) is 5.40. The van der Waals surface area contributed by atoms with E-state index in [-0.39, 0.29) is 18.4 Å². The lowest BCUT2D eigenvalue weighted by molar-refractivity contribution is -0.153. The van der Waals surface area contributed by atoms with Crippen molar-refractivity contribution in [2.45, 2.75) is 30.0 Å². The molecule has 11 nitrogen and oxygen atoms in total. The minimum Gasteiger partial charge on any atom is -0.508 e. The number of likely N-dealkylation sites (N-methyl/N-ethyl adjacent to an activating group) is 1. The fourth-order valence-corrected chi connectivity index (χ4v) is 5.87. The molecule has 1 amide bonds. The van der Waals surface area contributed by atoms with Crippen LogP contribution in [0, 0.1) is 11.8 Å². The maximum absolute atomic E-state index is 13.7. The zero-order valence-corrected chi connectivity index (χ0v) is 20.1. The molecule has 0 aliphatic heterocycles. The number of hydrogen-bond donors (Lipinski definition) is 4. The number of rotatable bonds is 4. The average Bonchev–Trinajstić information content (AvgIpc) is 2.75. The van der Waals surface area contributed by atoms with Crippen molar-refractivity contribution in [1.82, 2.24) is 4.90 Å². The molecular weight excluding hydrogens is 525 g/mol. The molecule has 4 rings (SSSR count). The van der Waals surface area contributed by atoms with Crippen molar-refractivity contribution in [2.24, 2.45) is 17.6 Å². The van der Waals surface area contributed by atoms with E-state index in [1.165, 1.54) is 31.1 Å². The Kier molecular flexibility index (Phi) is 5.97. The third kappa shape index (κ3) is 3.71. The summed E-state index contributed by atoms with van der Waals surface area (Å²) in [5.74, 6) is -9.01. The molecule has 2 unspecified atom stereocenters. The number of fused-ring (bicyclic) bond motifs is 3. The summed E-state index contributed by atoms with van der Waals surface area (Å²) in [7, 11) is -3.25. The average molecular weight is 546 g/mol. The topological polar surface area (TPSA) is 185 Å². The number of amides is 1. The number of halogens is 3. The highest BCUT2D eigenvalue weighted by molar-refractivity contribution is 7.88. The van der Waals surface area contributed by atoms with Crippen molar-refractivity contribution >= 4 is 33.4 Å². The Bertz CT molecular complexity index is 1410. The molecule has 3 aliphatic rings. The van der Waals surface area contributed by atoms with Crippen LogP contribution in [0.5, 0.6) is 5.75 Å². The Morgan fingerprint density at radius 3 is 2.38 bits per heavy atom. The van der Waals surface area contributed by atoms with Crippen molar-refractivity contribution in [3.63, 3.8) is 0 Å². The largest absolute Gasteiger partial charge is 0.534 e. The highest BCUT2D eigenvalue weighted by Gasteiger charge is 2.64. The van der Waals surface area contributed by atoms with Crippen LogP contribution in [0.15, 0.2) is 35.1 Å². The van der Waals surface area contributed by atoms with Gasteiger partial charge in [-0.05, 0) is 44.5 Å². The summed E-state index contributed by atoms with van der Waals surface area (Å²) in [5.41, 5.74) is -5.36. The highest BCUT2D eigenvalue weighted by atomic mass is 32.2. The molecule has 4 atom stereocenters. The standard InChI is InChI=1S/C22H21F3N2O9S/c1-27(2)15-10-7-9-6-8-4-3-5-11(36-37(34,35)22(23,24)25)12(8)16(28)13(9)18(30)21(10,33)19(31)14(17(15)29)20(26)32/h3-5,9-10,15,28,31,33H,6-7H2,1-2H3,(H2,26,32)/t9?,10?,15-,21-/m0/s1. The number of benzene rings is 1. The van der Waals surface area contributed by atoms with Gasteiger partial charge in [0, 0.05) is 11.5 Å². The first-order valence-corrected chi connectivity index (χ1v) is 12.1. The number of nitrogens with zero attached hydrogens (tertiary/aromatic N) is 1. The number of aliphatic hydroxyl groups excluding tert-OH is 2. The second-order valence-electron chi connectivity index (χ2n) is 9.24. The Morgan fingerprint density at radius 1 is 1.22 bits per heavy atom. The molecule has 1 aromatic carbocycles. The normalized spacial score (nSPS) is 28.1. The highest BCUT2D eigenvalue weighted by Crippen LogP contribution is 2.52. The number of hydrogen-bond acceptors (Lipinski definition) is 10. The van der Waals surface area contributed by atoms with Crippen molar-refractivity contribution in [3.8, 4) is 5.75 Å². The monoisotopic (exact) mass is 546 g/mol. The number of nitrogens with two attached hydrogens (primary N) is 1. The summed E-state index contributed by atoms with van der Waals surface area (Å²) in [4.78, 5) is 39.9. The molecule has 1 saturated carbocycles. The van der Waals surface area contributed by atoms with E-state index in [0.717, 1.165) is 6.07 Å². The molecule has 0 heterocycles. The summed E-state index contributed by atoms with van der Waals surface area (Å²) < 4.78 is 66.2. The van der Waals surface area contributed by atoms with Crippen LogP contribution in [0.4, 0.5) is 13.2 Å². The molecule has 0 aromatic heterocycles. The molecular formula is C22H21F3N2O9S. The zero-order chi connectivity index (χ0) is 27.8. The van der Waals surface area contributed by atoms with Crippen LogP contribution in [0.1, 0.15) is 17.5 Å². The lowest BCUT2D eigenvalue weighted by Gasteiger charge is -2.50. The SMILES string of the molecule is CN(C)[C@@H]1C(=O)C(C(N)=O)=C(O)[C@@]2(O)C(=O)C3=C(O)c4c(cccc4OS(=O)(=O)C(F)(F)F)CC3CC12. The van der Waals surface area contributed by atoms with E-state index in [9.17, 15) is 51.3 Å². The number of primary amides is 1. The first-order valence-electron chi connectivity index (χ1n) is 10.7. The van der Waals surface area contributed by atoms with Crippen LogP contribution in [-0.4, -0.2) is 77.4 Å². The number of aliphatic hydroxyl groups is 3. The fraction of sp³-hybridized carbons (Fsp3) is 0.409. The van der Waals surface area contributed by atoms with Crippen LogP contribution in [0.3, 0.4) is 0 Å². The second-order valence-corrected chi connectivity index (χ2v) is 10.8. The minimum atomic E-state index is -6.14. The van der Waals surface area contributed by atoms with E-state index in [4.69, 9.17) is 5.73 Å². The molecule has 0 radical (unpaired) electrons. The molecule has 0 bridgehead atoms. The Balaban J connectivity index is 1.93. The minimum absolute atomic E-state index is 0.113. The van der Waals surface area contributed by atoms with E-state index in [2.05, 4.69) is 4.18 Å². The summed E-state index contributed by atoms with van der Waals surface area (Å²) in [6.07, 6.45) is -0.296. The molecule has 3 aliphatic carbocycles. The van der Waals surface area contributed by atoms with Gasteiger partial charge in [-0.15, -0.1) is 0 Å². The lowest BCUT2D eigenvalue weighted by atomic mass is 9.57. The second kappa shape index (κ2) is 8.29. The van der Waals surface area contributed by atoms with Crippen molar-refractivity contribution in [3.05, 3.63) is 46.2 Å². The maximum atomic E-state index is 13.7. The van der Waals surface area contributed by atoms with E-state index < -0.39 is 90.6 Å². The third-order valence-electron chi connectivity index (χ3n) is 6.92. The van der Waals surface area contributed by atoms with E-state index in [1.807, 2.05) is 0 Å². The number of carbonyl (C=O) groups excluding carboxylic acids is 3. The smallest absolute Gasteiger partial charge is 0.508 e. The molecule has 1 fully saturated rings. The van der Waals surface area contributed by atoms with Gasteiger partial charge in [0.15, 0.2) is 17.1 Å². The molecule has 0 saturated heterocycles. The van der Waals surface area contributed by atoms with Gasteiger partial charge in [0.25, 0.3) is 5.91 Å². The number of carbonyl (C=O) groups is 3. The predicted octanol–water partition coefficient (Wildman–Crippen LogP) is 0.487. The maximum Gasteiger partial charge on any atom is 0.534 e. The van der Waals surface area contributed by atoms with Crippen LogP contribution >= 0.6 is 0 Å². The van der Waals surface area contributed by atoms with Crippen LogP contribution in [0.25, 0.3) is 5.76 Å². The third-order valence-corrected chi connectivity index (χ3v) is 7.89. The van der Waals surface area contributed by atoms with Gasteiger partial charge in [-0.1, -0.05) is 12.1 Å². The van der Waals surface area contributed by atoms with Crippen LogP contribution < -0.4 is 9.92 Å². The first-order chi connectivity index (χ1) is 16.9. The van der Waals surface area contributed by atoms with Gasteiger partial charge in [0.05, 0.1) is 11.6 Å². The van der Waals surface area contributed by atoms with Gasteiger partial charge >= 0.3 is 15.6 Å². The quantitative estimate of drug-likeness (QED) is 0.235. The number of alkyl halides is 3. The predicted molar refractivity (Wildman–Crippen MR) is 118 cm³/mol. The Hall–Kier alpha value is -3.43. The van der Waals surface area contributed by atoms with E-state index in [1.54, 1.807) is 0 Å². The zero-order valence-electron chi connectivity index (χ0n) is 19.2. The summed E-state index contributed by atoms with van der Waals surface area (Å²) >= 11 is 0. The van der Waals surface area contributed by atoms with Gasteiger partial charge in [-0.3, -0.25) is 19.3 Å². The molecule has 200 valence electrons. The summed E-state index contributed by atoms with van der Waals surface area (Å²) in [5, 5.41) is 33.3. The number of Topliss-reactive ketones (excluding diaryl/α,β-unsaturated/α-hetero) is 2. The van der Waals surface area contributed by atoms with Gasteiger partial charge in [-0.2, -0.15) is 21.6 Å².